The molecular weight excluding hydrogens is 255 g/mol. The molecule has 0 fully saturated rings. The zero-order chi connectivity index (χ0) is 14.7. The van der Waals surface area contributed by atoms with Crippen LogP contribution in [0.25, 0.3) is 0 Å². The lowest BCUT2D eigenvalue weighted by Gasteiger charge is -2.11. The highest BCUT2D eigenvalue weighted by atomic mass is 19.1. The van der Waals surface area contributed by atoms with Gasteiger partial charge in [-0.05, 0) is 48.7 Å². The topological polar surface area (TPSA) is 26.3 Å². The molecule has 104 valence electrons. The highest BCUT2D eigenvalue weighted by Gasteiger charge is 2.11. The molecule has 0 aliphatic carbocycles. The molecule has 2 aromatic rings. The second-order valence-corrected chi connectivity index (χ2v) is 5.02. The van der Waals surface area contributed by atoms with E-state index in [0.717, 1.165) is 0 Å². The Hall–Kier alpha value is -2.16. The van der Waals surface area contributed by atoms with E-state index in [1.165, 1.54) is 30.7 Å². The molecule has 2 nitrogen and oxygen atoms in total. The summed E-state index contributed by atoms with van der Waals surface area (Å²) in [6, 6.07) is 11.6. The van der Waals surface area contributed by atoms with Gasteiger partial charge in [0.2, 0.25) is 0 Å². The Morgan fingerprint density at radius 2 is 1.75 bits per heavy atom. The number of benzene rings is 2. The van der Waals surface area contributed by atoms with E-state index in [0.29, 0.717) is 17.4 Å². The standard InChI is InChI=1S/C17H17FO2/c1-11(2)13-4-7-15(8-5-13)20-17-9-6-14(18)10-16(17)12(3)19/h4-11H,1-3H3. The summed E-state index contributed by atoms with van der Waals surface area (Å²) in [6.07, 6.45) is 0. The van der Waals surface area contributed by atoms with Gasteiger partial charge in [0.1, 0.15) is 17.3 Å². The zero-order valence-electron chi connectivity index (χ0n) is 11.8. The van der Waals surface area contributed by atoms with Crippen LogP contribution in [-0.4, -0.2) is 5.78 Å². The molecule has 0 N–H and O–H groups in total. The Morgan fingerprint density at radius 3 is 2.30 bits per heavy atom. The molecule has 0 bridgehead atoms. The van der Waals surface area contributed by atoms with Crippen LogP contribution in [0.15, 0.2) is 42.5 Å². The summed E-state index contributed by atoms with van der Waals surface area (Å²) in [7, 11) is 0. The molecule has 2 rings (SSSR count). The summed E-state index contributed by atoms with van der Waals surface area (Å²) in [4.78, 5) is 11.5. The highest BCUT2D eigenvalue weighted by Crippen LogP contribution is 2.27. The summed E-state index contributed by atoms with van der Waals surface area (Å²) in [6.45, 7) is 5.62. The Labute approximate surface area is 118 Å². The Morgan fingerprint density at radius 1 is 1.10 bits per heavy atom. The fraction of sp³-hybridized carbons (Fsp3) is 0.235. The van der Waals surface area contributed by atoms with E-state index in [9.17, 15) is 9.18 Å². The third-order valence-corrected chi connectivity index (χ3v) is 3.10. The monoisotopic (exact) mass is 272 g/mol. The molecule has 0 aromatic heterocycles. The van der Waals surface area contributed by atoms with Crippen LogP contribution < -0.4 is 4.74 Å². The van der Waals surface area contributed by atoms with Crippen LogP contribution in [0.1, 0.15) is 42.6 Å². The fourth-order valence-corrected chi connectivity index (χ4v) is 1.91. The van der Waals surface area contributed by atoms with E-state index in [1.807, 2.05) is 24.3 Å². The van der Waals surface area contributed by atoms with Crippen molar-refractivity contribution < 1.29 is 13.9 Å². The number of halogens is 1. The van der Waals surface area contributed by atoms with E-state index in [1.54, 1.807) is 0 Å². The van der Waals surface area contributed by atoms with Crippen molar-refractivity contribution in [3.05, 3.63) is 59.4 Å². The number of Topliss-reactive ketones (excluding diaryl/α,β-unsaturated/α-hetero) is 1. The molecule has 0 unspecified atom stereocenters. The van der Waals surface area contributed by atoms with Gasteiger partial charge in [-0.2, -0.15) is 0 Å². The molecule has 2 aromatic carbocycles. The average molecular weight is 272 g/mol. The average Bonchev–Trinajstić information content (AvgIpc) is 2.41. The predicted octanol–water partition coefficient (Wildman–Crippen LogP) is 4.94. The third kappa shape index (κ3) is 3.23. The van der Waals surface area contributed by atoms with Crippen molar-refractivity contribution in [1.82, 2.24) is 0 Å². The minimum absolute atomic E-state index is 0.224. The molecular formula is C17H17FO2. The van der Waals surface area contributed by atoms with Crippen molar-refractivity contribution in [2.75, 3.05) is 0 Å². The van der Waals surface area contributed by atoms with Gasteiger partial charge in [0.15, 0.2) is 5.78 Å². The lowest BCUT2D eigenvalue weighted by molar-refractivity contribution is 0.101. The van der Waals surface area contributed by atoms with Crippen molar-refractivity contribution in [2.45, 2.75) is 26.7 Å². The van der Waals surface area contributed by atoms with Crippen LogP contribution in [0.4, 0.5) is 4.39 Å². The number of hydrogen-bond donors (Lipinski definition) is 0. The smallest absolute Gasteiger partial charge is 0.163 e. The highest BCUT2D eigenvalue weighted by molar-refractivity contribution is 5.96. The van der Waals surface area contributed by atoms with Crippen molar-refractivity contribution in [3.63, 3.8) is 0 Å². The van der Waals surface area contributed by atoms with E-state index >= 15 is 0 Å². The maximum absolute atomic E-state index is 13.2. The van der Waals surface area contributed by atoms with Crippen molar-refractivity contribution in [2.24, 2.45) is 0 Å². The number of carbonyl (C=O) groups is 1. The van der Waals surface area contributed by atoms with Gasteiger partial charge in [-0.3, -0.25) is 4.79 Å². The van der Waals surface area contributed by atoms with Gasteiger partial charge in [-0.1, -0.05) is 26.0 Å². The fourth-order valence-electron chi connectivity index (χ4n) is 1.91. The van der Waals surface area contributed by atoms with Gasteiger partial charge in [0.25, 0.3) is 0 Å². The SMILES string of the molecule is CC(=O)c1cc(F)ccc1Oc1ccc(C(C)C)cc1. The maximum atomic E-state index is 13.2. The number of carbonyl (C=O) groups excluding carboxylic acids is 1. The van der Waals surface area contributed by atoms with Crippen LogP contribution in [-0.2, 0) is 0 Å². The molecule has 0 saturated carbocycles. The van der Waals surface area contributed by atoms with Crippen LogP contribution in [0, 0.1) is 5.82 Å². The van der Waals surface area contributed by atoms with Gasteiger partial charge < -0.3 is 4.74 Å². The molecule has 0 aliphatic heterocycles. The molecule has 0 heterocycles. The Kier molecular flexibility index (Phi) is 4.18. The molecule has 0 saturated heterocycles. The second-order valence-electron chi connectivity index (χ2n) is 5.02. The minimum Gasteiger partial charge on any atom is -0.457 e. The molecule has 0 amide bonds. The first kappa shape index (κ1) is 14.3. The van der Waals surface area contributed by atoms with Crippen LogP contribution in [0.3, 0.4) is 0 Å². The lowest BCUT2D eigenvalue weighted by atomic mass is 10.0. The lowest BCUT2D eigenvalue weighted by Crippen LogP contribution is -1.98. The summed E-state index contributed by atoms with van der Waals surface area (Å²) >= 11 is 0. The Bertz CT molecular complexity index is 615. The normalized spacial score (nSPS) is 10.7. The van der Waals surface area contributed by atoms with E-state index < -0.39 is 5.82 Å². The van der Waals surface area contributed by atoms with Gasteiger partial charge in [0.05, 0.1) is 5.56 Å². The second kappa shape index (κ2) is 5.87. The largest absolute Gasteiger partial charge is 0.457 e. The van der Waals surface area contributed by atoms with Crippen molar-refractivity contribution in [3.8, 4) is 11.5 Å². The first-order valence-corrected chi connectivity index (χ1v) is 6.55. The quantitative estimate of drug-likeness (QED) is 0.736. The minimum atomic E-state index is -0.447. The van der Waals surface area contributed by atoms with Gasteiger partial charge in [-0.15, -0.1) is 0 Å². The maximum Gasteiger partial charge on any atom is 0.163 e. The third-order valence-electron chi connectivity index (χ3n) is 3.10. The first-order valence-electron chi connectivity index (χ1n) is 6.55. The molecule has 0 spiro atoms. The summed E-state index contributed by atoms with van der Waals surface area (Å²) in [5, 5.41) is 0. The van der Waals surface area contributed by atoms with Crippen molar-refractivity contribution >= 4 is 5.78 Å². The van der Waals surface area contributed by atoms with Gasteiger partial charge in [0, 0.05) is 0 Å². The number of ketones is 1. The summed E-state index contributed by atoms with van der Waals surface area (Å²) < 4.78 is 18.9. The van der Waals surface area contributed by atoms with E-state index in [2.05, 4.69) is 13.8 Å². The van der Waals surface area contributed by atoms with Gasteiger partial charge in [-0.25, -0.2) is 4.39 Å². The Balaban J connectivity index is 2.28. The van der Waals surface area contributed by atoms with E-state index in [-0.39, 0.29) is 11.3 Å². The summed E-state index contributed by atoms with van der Waals surface area (Å²) in [5.41, 5.74) is 1.46. The molecule has 0 aliphatic rings. The summed E-state index contributed by atoms with van der Waals surface area (Å²) in [5.74, 6) is 0.776. The number of hydrogen-bond acceptors (Lipinski definition) is 2. The molecule has 3 heteroatoms. The van der Waals surface area contributed by atoms with Crippen LogP contribution in [0.5, 0.6) is 11.5 Å². The molecule has 0 radical (unpaired) electrons. The van der Waals surface area contributed by atoms with Crippen molar-refractivity contribution in [1.29, 1.82) is 0 Å². The molecule has 20 heavy (non-hydrogen) atoms. The number of rotatable bonds is 4. The van der Waals surface area contributed by atoms with Crippen LogP contribution in [0.2, 0.25) is 0 Å². The number of ether oxygens (including phenoxy) is 1. The predicted molar refractivity (Wildman–Crippen MR) is 77.0 cm³/mol. The molecule has 0 atom stereocenters. The van der Waals surface area contributed by atoms with Gasteiger partial charge >= 0.3 is 0 Å². The first-order chi connectivity index (χ1) is 9.47. The zero-order valence-corrected chi connectivity index (χ0v) is 11.8. The van der Waals surface area contributed by atoms with Crippen LogP contribution >= 0.6 is 0 Å². The van der Waals surface area contributed by atoms with E-state index in [4.69, 9.17) is 4.74 Å².